The largest absolute Gasteiger partial charge is 0.394 e. The van der Waals surface area contributed by atoms with Crippen molar-refractivity contribution in [3.63, 3.8) is 0 Å². The van der Waals surface area contributed by atoms with E-state index in [0.717, 1.165) is 45.3 Å². The van der Waals surface area contributed by atoms with Crippen LogP contribution in [0, 0.1) is 5.41 Å². The number of hydrogen-bond donors (Lipinski definition) is 1. The second-order valence-electron chi connectivity index (χ2n) is 9.49. The van der Waals surface area contributed by atoms with Crippen LogP contribution in [0.15, 0.2) is 49.2 Å². The van der Waals surface area contributed by atoms with Crippen LogP contribution >= 0.6 is 0 Å². The Labute approximate surface area is 183 Å². The number of nitrogens with one attached hydrogen (secondary N) is 1. The number of allylic oxidation sites excluding steroid dienone is 3. The first-order valence-corrected chi connectivity index (χ1v) is 11.1. The molecule has 0 saturated carbocycles. The lowest BCUT2D eigenvalue weighted by atomic mass is 9.57. The van der Waals surface area contributed by atoms with Gasteiger partial charge in [0.2, 0.25) is 0 Å². The van der Waals surface area contributed by atoms with Gasteiger partial charge in [0, 0.05) is 5.70 Å². The topological polar surface area (TPSA) is 12.0 Å². The van der Waals surface area contributed by atoms with Crippen LogP contribution in [-0.2, 0) is 12.7 Å². The van der Waals surface area contributed by atoms with Gasteiger partial charge < -0.3 is 5.32 Å². The van der Waals surface area contributed by atoms with Gasteiger partial charge >= 0.3 is 0 Å². The van der Waals surface area contributed by atoms with Crippen LogP contribution in [0.2, 0.25) is 0 Å². The van der Waals surface area contributed by atoms with Crippen LogP contribution in [0.1, 0.15) is 76.5 Å². The Morgan fingerprint density at radius 3 is 2.50 bits per heavy atom. The van der Waals surface area contributed by atoms with E-state index in [1.165, 1.54) is 27.8 Å². The van der Waals surface area contributed by atoms with Gasteiger partial charge in [-0.2, -0.15) is 0 Å². The maximum atomic E-state index is 13.2. The van der Waals surface area contributed by atoms with Gasteiger partial charge in [0.05, 0.1) is 6.42 Å². The molecule has 163 valence electrons. The third kappa shape index (κ3) is 6.85. The summed E-state index contributed by atoms with van der Waals surface area (Å²) in [6.45, 7) is 20.1. The van der Waals surface area contributed by atoms with E-state index in [-0.39, 0.29) is 17.8 Å². The first-order chi connectivity index (χ1) is 13.9. The quantitative estimate of drug-likeness (QED) is 0.302. The van der Waals surface area contributed by atoms with Gasteiger partial charge in [0.15, 0.2) is 0 Å². The molecule has 2 rings (SSSR count). The third-order valence-corrected chi connectivity index (χ3v) is 6.41. The van der Waals surface area contributed by atoms with Crippen molar-refractivity contribution in [3.8, 4) is 0 Å². The van der Waals surface area contributed by atoms with E-state index in [2.05, 4.69) is 71.3 Å². The van der Waals surface area contributed by atoms with Crippen molar-refractivity contribution >= 4 is 12.9 Å². The van der Waals surface area contributed by atoms with Gasteiger partial charge in [-0.05, 0) is 72.6 Å². The maximum absolute atomic E-state index is 13.2. The minimum Gasteiger partial charge on any atom is -0.394 e. The molecule has 1 N–H and O–H groups in total. The summed E-state index contributed by atoms with van der Waals surface area (Å²) in [4.78, 5) is 0. The van der Waals surface area contributed by atoms with E-state index < -0.39 is 5.92 Å². The van der Waals surface area contributed by atoms with Gasteiger partial charge in [-0.1, -0.05) is 70.6 Å². The molecule has 1 radical (unpaired) electrons. The number of benzene rings is 1. The molecule has 1 heterocycles. The highest BCUT2D eigenvalue weighted by Gasteiger charge is 2.26. The number of fused-ring (bicyclic) bond motifs is 1. The SMILES string of the molecule is C=C(CC(C)(F)F)NC1[B]Cc2c(cccc2C(=C)CCCC(=C)C(C)(C)CC)C1. The Bertz CT molecular complexity index is 789. The van der Waals surface area contributed by atoms with Crippen LogP contribution in [0.5, 0.6) is 0 Å². The van der Waals surface area contributed by atoms with Crippen LogP contribution in [0.25, 0.3) is 5.57 Å². The van der Waals surface area contributed by atoms with E-state index in [0.29, 0.717) is 5.70 Å². The molecule has 1 aliphatic rings. The molecule has 0 spiro atoms. The Hall–Kier alpha value is -1.84. The lowest BCUT2D eigenvalue weighted by Gasteiger charge is -2.29. The fraction of sp³-hybridized carbons (Fsp3) is 0.538. The molecule has 1 aliphatic heterocycles. The first kappa shape index (κ1) is 24.4. The molecule has 0 bridgehead atoms. The maximum Gasteiger partial charge on any atom is 0.250 e. The number of hydrogen-bond acceptors (Lipinski definition) is 1. The van der Waals surface area contributed by atoms with Crippen molar-refractivity contribution in [2.24, 2.45) is 5.41 Å². The van der Waals surface area contributed by atoms with Gasteiger partial charge in [-0.15, -0.1) is 0 Å². The van der Waals surface area contributed by atoms with Crippen molar-refractivity contribution in [2.45, 2.75) is 84.4 Å². The fourth-order valence-corrected chi connectivity index (χ4v) is 4.01. The van der Waals surface area contributed by atoms with E-state index in [1.807, 2.05) is 0 Å². The van der Waals surface area contributed by atoms with Gasteiger partial charge in [0.25, 0.3) is 5.92 Å². The van der Waals surface area contributed by atoms with Crippen molar-refractivity contribution in [2.75, 3.05) is 0 Å². The second kappa shape index (κ2) is 9.98. The molecular weight excluding hydrogens is 375 g/mol. The van der Waals surface area contributed by atoms with Gasteiger partial charge in [0.1, 0.15) is 7.28 Å². The normalized spacial score (nSPS) is 16.4. The zero-order valence-electron chi connectivity index (χ0n) is 19.2. The molecule has 1 aromatic carbocycles. The molecule has 30 heavy (non-hydrogen) atoms. The lowest BCUT2D eigenvalue weighted by molar-refractivity contribution is 0.0211. The smallest absolute Gasteiger partial charge is 0.250 e. The van der Waals surface area contributed by atoms with Crippen LogP contribution in [-0.4, -0.2) is 19.1 Å². The molecule has 1 aromatic rings. The molecule has 0 aliphatic carbocycles. The summed E-state index contributed by atoms with van der Waals surface area (Å²) in [5.41, 5.74) is 6.89. The molecule has 1 atom stereocenters. The van der Waals surface area contributed by atoms with E-state index in [9.17, 15) is 8.78 Å². The highest BCUT2D eigenvalue weighted by atomic mass is 19.3. The first-order valence-electron chi connectivity index (χ1n) is 11.1. The predicted molar refractivity (Wildman–Crippen MR) is 127 cm³/mol. The monoisotopic (exact) mass is 412 g/mol. The molecule has 0 saturated heterocycles. The van der Waals surface area contributed by atoms with Crippen molar-refractivity contribution in [1.29, 1.82) is 0 Å². The molecule has 4 heteroatoms. The highest BCUT2D eigenvalue weighted by Crippen LogP contribution is 2.34. The van der Waals surface area contributed by atoms with Crippen LogP contribution in [0.4, 0.5) is 8.78 Å². The van der Waals surface area contributed by atoms with Crippen molar-refractivity contribution < 1.29 is 8.78 Å². The third-order valence-electron chi connectivity index (χ3n) is 6.41. The minimum atomic E-state index is -2.74. The molecule has 1 nitrogen and oxygen atoms in total. The predicted octanol–water partition coefficient (Wildman–Crippen LogP) is 7.10. The Kier molecular flexibility index (Phi) is 8.13. The summed E-state index contributed by atoms with van der Waals surface area (Å²) in [5.74, 6) is -2.70. The summed E-state index contributed by atoms with van der Waals surface area (Å²) >= 11 is 0. The minimum absolute atomic E-state index is 0.0375. The molecule has 0 fully saturated rings. The van der Waals surface area contributed by atoms with E-state index in [4.69, 9.17) is 0 Å². The summed E-state index contributed by atoms with van der Waals surface area (Å²) in [7, 11) is 2.17. The summed E-state index contributed by atoms with van der Waals surface area (Å²) in [5, 5.41) is 3.17. The number of alkyl halides is 2. The van der Waals surface area contributed by atoms with Gasteiger partial charge in [-0.3, -0.25) is 0 Å². The zero-order chi connectivity index (χ0) is 22.5. The molecule has 0 aromatic heterocycles. The van der Waals surface area contributed by atoms with E-state index in [1.54, 1.807) is 0 Å². The van der Waals surface area contributed by atoms with Crippen molar-refractivity contribution in [1.82, 2.24) is 5.32 Å². The average Bonchev–Trinajstić information content (AvgIpc) is 2.65. The summed E-state index contributed by atoms with van der Waals surface area (Å²) in [6.07, 6.45) is 5.41. The molecule has 1 unspecified atom stereocenters. The lowest BCUT2D eigenvalue weighted by Crippen LogP contribution is -2.41. The number of rotatable bonds is 11. The van der Waals surface area contributed by atoms with Crippen LogP contribution in [0.3, 0.4) is 0 Å². The average molecular weight is 412 g/mol. The Morgan fingerprint density at radius 1 is 1.17 bits per heavy atom. The fourth-order valence-electron chi connectivity index (χ4n) is 4.01. The standard InChI is InChI=1S/C26H37BF2N/c1-8-25(5,6)19(3)12-9-11-18(2)22-14-10-13-21-15-24(27-17-23(21)22)30-20(4)16-26(7,28)29/h10,13-14,24,30H,2-4,8-9,11-12,15-17H2,1,5-7H3. The highest BCUT2D eigenvalue weighted by molar-refractivity contribution is 6.38. The Balaban J connectivity index is 1.96. The summed E-state index contributed by atoms with van der Waals surface area (Å²) < 4.78 is 26.4. The van der Waals surface area contributed by atoms with Crippen LogP contribution < -0.4 is 5.32 Å². The number of halogens is 2. The summed E-state index contributed by atoms with van der Waals surface area (Å²) in [6, 6.07) is 6.37. The second-order valence-corrected chi connectivity index (χ2v) is 9.49. The van der Waals surface area contributed by atoms with E-state index >= 15 is 0 Å². The molecule has 0 amide bonds. The van der Waals surface area contributed by atoms with Gasteiger partial charge in [-0.25, -0.2) is 8.78 Å². The molecular formula is C26H37BF2N. The Morgan fingerprint density at radius 2 is 1.87 bits per heavy atom. The van der Waals surface area contributed by atoms with Crippen molar-refractivity contribution in [3.05, 3.63) is 65.9 Å². The zero-order valence-corrected chi connectivity index (χ0v) is 19.2.